The number of halogens is 1. The van der Waals surface area contributed by atoms with Gasteiger partial charge in [-0.15, -0.1) is 0 Å². The summed E-state index contributed by atoms with van der Waals surface area (Å²) < 4.78 is 14.9. The minimum absolute atomic E-state index is 0.121. The average Bonchev–Trinajstić information content (AvgIpc) is 3.15. The van der Waals surface area contributed by atoms with Crippen LogP contribution in [-0.2, 0) is 7.05 Å². The van der Waals surface area contributed by atoms with Crippen molar-refractivity contribution in [2.45, 2.75) is 13.0 Å². The van der Waals surface area contributed by atoms with Crippen molar-refractivity contribution in [3.05, 3.63) is 72.7 Å². The van der Waals surface area contributed by atoms with Crippen LogP contribution in [0.3, 0.4) is 0 Å². The van der Waals surface area contributed by atoms with Crippen molar-refractivity contribution >= 4 is 17.6 Å². The Morgan fingerprint density at radius 2 is 1.86 bits per heavy atom. The summed E-state index contributed by atoms with van der Waals surface area (Å²) in [6.07, 6.45) is 8.42. The molecule has 4 aromatic rings. The maximum atomic E-state index is 13.2. The highest BCUT2D eigenvalue weighted by molar-refractivity contribution is 5.65. The molecule has 29 heavy (non-hydrogen) atoms. The van der Waals surface area contributed by atoms with Gasteiger partial charge >= 0.3 is 0 Å². The van der Waals surface area contributed by atoms with E-state index in [0.717, 1.165) is 11.1 Å². The Hall–Kier alpha value is -3.88. The minimum Gasteiger partial charge on any atom is -0.348 e. The fourth-order valence-electron chi connectivity index (χ4n) is 2.80. The highest BCUT2D eigenvalue weighted by Crippen LogP contribution is 2.25. The van der Waals surface area contributed by atoms with Gasteiger partial charge in [0, 0.05) is 37.3 Å². The van der Waals surface area contributed by atoms with Crippen molar-refractivity contribution in [3.63, 3.8) is 0 Å². The third kappa shape index (κ3) is 4.52. The van der Waals surface area contributed by atoms with Gasteiger partial charge in [0.05, 0.1) is 24.1 Å². The molecule has 0 radical (unpaired) electrons. The molecule has 3 heterocycles. The number of aryl methyl sites for hydroxylation is 1. The first-order chi connectivity index (χ1) is 14.1. The number of aromatic nitrogens is 6. The van der Waals surface area contributed by atoms with Crippen LogP contribution in [0.15, 0.2) is 61.3 Å². The van der Waals surface area contributed by atoms with Crippen molar-refractivity contribution in [3.8, 4) is 11.3 Å². The van der Waals surface area contributed by atoms with Gasteiger partial charge in [-0.3, -0.25) is 9.67 Å². The van der Waals surface area contributed by atoms with Crippen LogP contribution in [0.4, 0.5) is 22.0 Å². The monoisotopic (exact) mass is 390 g/mol. The second-order valence-corrected chi connectivity index (χ2v) is 6.50. The topological polar surface area (TPSA) is 93.4 Å². The van der Waals surface area contributed by atoms with Crippen LogP contribution in [0, 0.1) is 5.82 Å². The number of rotatable bonds is 6. The molecule has 0 aliphatic rings. The maximum Gasteiger partial charge on any atom is 0.225 e. The maximum absolute atomic E-state index is 13.2. The van der Waals surface area contributed by atoms with Gasteiger partial charge in [-0.2, -0.15) is 10.1 Å². The molecule has 0 spiro atoms. The Balaban J connectivity index is 1.66. The van der Waals surface area contributed by atoms with E-state index in [2.05, 4.69) is 35.7 Å². The smallest absolute Gasteiger partial charge is 0.225 e. The Bertz CT molecular complexity index is 1100. The summed E-state index contributed by atoms with van der Waals surface area (Å²) >= 11 is 0. The van der Waals surface area contributed by atoms with E-state index in [1.54, 1.807) is 41.6 Å². The van der Waals surface area contributed by atoms with E-state index in [1.165, 1.54) is 12.1 Å². The molecule has 1 aromatic carbocycles. The van der Waals surface area contributed by atoms with Crippen LogP contribution >= 0.6 is 0 Å². The lowest BCUT2D eigenvalue weighted by molar-refractivity contribution is 0.626. The Morgan fingerprint density at radius 1 is 1.03 bits per heavy atom. The lowest BCUT2D eigenvalue weighted by atomic mass is 10.1. The molecule has 0 fully saturated rings. The summed E-state index contributed by atoms with van der Waals surface area (Å²) in [6, 6.07) is 8.03. The first-order valence-corrected chi connectivity index (χ1v) is 9.00. The molecule has 0 unspecified atom stereocenters. The zero-order valence-corrected chi connectivity index (χ0v) is 15.9. The Kier molecular flexibility index (Phi) is 5.10. The highest BCUT2D eigenvalue weighted by Gasteiger charge is 2.12. The lowest BCUT2D eigenvalue weighted by Crippen LogP contribution is -2.11. The molecular weight excluding hydrogens is 371 g/mol. The van der Waals surface area contributed by atoms with Gasteiger partial charge in [-0.25, -0.2) is 14.4 Å². The number of hydrogen-bond donors (Lipinski definition) is 2. The summed E-state index contributed by atoms with van der Waals surface area (Å²) in [5, 5.41) is 10.6. The molecule has 1 atom stereocenters. The number of hydrogen-bond acceptors (Lipinski definition) is 7. The number of anilines is 3. The molecule has 0 aliphatic carbocycles. The van der Waals surface area contributed by atoms with Gasteiger partial charge in [-0.1, -0.05) is 12.1 Å². The zero-order valence-electron chi connectivity index (χ0n) is 15.9. The SMILES string of the molecule is C[C@H](Nc1nc(Nc2cnccn2)cc(-c2cnn(C)c2)n1)c1ccc(F)cc1. The first-order valence-electron chi connectivity index (χ1n) is 9.00. The third-order valence-corrected chi connectivity index (χ3v) is 4.26. The quantitative estimate of drug-likeness (QED) is 0.518. The molecule has 146 valence electrons. The van der Waals surface area contributed by atoms with E-state index >= 15 is 0 Å². The van der Waals surface area contributed by atoms with Gasteiger partial charge in [0.2, 0.25) is 5.95 Å². The van der Waals surface area contributed by atoms with E-state index < -0.39 is 0 Å². The Labute approximate surface area is 166 Å². The molecule has 0 amide bonds. The summed E-state index contributed by atoms with van der Waals surface area (Å²) in [5.74, 6) is 1.29. The first kappa shape index (κ1) is 18.5. The van der Waals surface area contributed by atoms with Gasteiger partial charge in [-0.05, 0) is 24.6 Å². The molecule has 0 bridgehead atoms. The molecule has 8 nitrogen and oxygen atoms in total. The van der Waals surface area contributed by atoms with Gasteiger partial charge in [0.1, 0.15) is 17.5 Å². The van der Waals surface area contributed by atoms with Crippen LogP contribution in [0.25, 0.3) is 11.3 Å². The molecule has 2 N–H and O–H groups in total. The van der Waals surface area contributed by atoms with E-state index in [0.29, 0.717) is 23.3 Å². The van der Waals surface area contributed by atoms with E-state index in [-0.39, 0.29) is 11.9 Å². The second kappa shape index (κ2) is 8.01. The van der Waals surface area contributed by atoms with Crippen molar-refractivity contribution in [2.75, 3.05) is 10.6 Å². The van der Waals surface area contributed by atoms with Crippen molar-refractivity contribution in [1.82, 2.24) is 29.7 Å². The van der Waals surface area contributed by atoms with Gasteiger partial charge in [0.25, 0.3) is 0 Å². The van der Waals surface area contributed by atoms with Crippen molar-refractivity contribution < 1.29 is 4.39 Å². The van der Waals surface area contributed by atoms with Gasteiger partial charge < -0.3 is 10.6 Å². The molecular formula is C20H19FN8. The Morgan fingerprint density at radius 3 is 2.55 bits per heavy atom. The zero-order chi connectivity index (χ0) is 20.2. The largest absolute Gasteiger partial charge is 0.348 e. The van der Waals surface area contributed by atoms with Crippen LogP contribution < -0.4 is 10.6 Å². The number of nitrogens with zero attached hydrogens (tertiary/aromatic N) is 6. The van der Waals surface area contributed by atoms with E-state index in [1.807, 2.05) is 26.2 Å². The molecule has 0 aliphatic heterocycles. The average molecular weight is 390 g/mol. The summed E-state index contributed by atoms with van der Waals surface area (Å²) in [6.45, 7) is 1.96. The fourth-order valence-corrected chi connectivity index (χ4v) is 2.80. The molecule has 0 saturated heterocycles. The van der Waals surface area contributed by atoms with Crippen LogP contribution in [-0.4, -0.2) is 29.7 Å². The summed E-state index contributed by atoms with van der Waals surface area (Å²) in [5.41, 5.74) is 2.48. The van der Waals surface area contributed by atoms with Gasteiger partial charge in [0.15, 0.2) is 0 Å². The standard InChI is InChI=1S/C20H19FN8/c1-13(14-3-5-16(21)6-4-14)25-20-26-17(15-10-24-29(2)12-15)9-18(28-20)27-19-11-22-7-8-23-19/h3-13H,1-2H3,(H2,23,25,26,27,28)/t13-/m0/s1. The number of nitrogens with one attached hydrogen (secondary N) is 2. The second-order valence-electron chi connectivity index (χ2n) is 6.50. The molecule has 0 saturated carbocycles. The highest BCUT2D eigenvalue weighted by atomic mass is 19.1. The van der Waals surface area contributed by atoms with Crippen molar-refractivity contribution in [1.29, 1.82) is 0 Å². The lowest BCUT2D eigenvalue weighted by Gasteiger charge is -2.16. The van der Waals surface area contributed by atoms with Crippen molar-refractivity contribution in [2.24, 2.45) is 7.05 Å². The summed E-state index contributed by atoms with van der Waals surface area (Å²) in [7, 11) is 1.85. The van der Waals surface area contributed by atoms with E-state index in [9.17, 15) is 4.39 Å². The molecule has 3 aromatic heterocycles. The van der Waals surface area contributed by atoms with Crippen LogP contribution in [0.5, 0.6) is 0 Å². The minimum atomic E-state index is -0.272. The predicted molar refractivity (Wildman–Crippen MR) is 108 cm³/mol. The molecule has 4 rings (SSSR count). The predicted octanol–water partition coefficient (Wildman–Crippen LogP) is 3.72. The number of benzene rings is 1. The van der Waals surface area contributed by atoms with E-state index in [4.69, 9.17) is 0 Å². The fraction of sp³-hybridized carbons (Fsp3) is 0.150. The van der Waals surface area contributed by atoms with Crippen LogP contribution in [0.2, 0.25) is 0 Å². The molecule has 9 heteroatoms. The normalized spacial score (nSPS) is 11.8. The third-order valence-electron chi connectivity index (χ3n) is 4.26. The van der Waals surface area contributed by atoms with Crippen LogP contribution in [0.1, 0.15) is 18.5 Å². The summed E-state index contributed by atoms with van der Waals surface area (Å²) in [4.78, 5) is 17.4.